The molecular weight excluding hydrogens is 315 g/mol. The summed E-state index contributed by atoms with van der Waals surface area (Å²) in [5, 5.41) is 11.3. The van der Waals surface area contributed by atoms with E-state index in [9.17, 15) is 9.67 Å². The second-order valence-electron chi connectivity index (χ2n) is 4.97. The number of fused-ring (bicyclic) bond motifs is 3. The Morgan fingerprint density at radius 1 is 1.17 bits per heavy atom. The van der Waals surface area contributed by atoms with Gasteiger partial charge in [0.05, 0.1) is 24.5 Å². The number of benzene rings is 1. The lowest BCUT2D eigenvalue weighted by Crippen LogP contribution is -2.00. The minimum Gasteiger partial charge on any atom is -0.507 e. The second kappa shape index (κ2) is 6.14. The van der Waals surface area contributed by atoms with E-state index in [-0.39, 0.29) is 11.9 Å². The summed E-state index contributed by atoms with van der Waals surface area (Å²) in [7, 11) is -3.15. The van der Waals surface area contributed by atoms with Gasteiger partial charge in [-0.2, -0.15) is 0 Å². The molecule has 120 valence electrons. The Balaban J connectivity index is 2.06. The van der Waals surface area contributed by atoms with Crippen LogP contribution in [0.5, 0.6) is 11.5 Å². The molecule has 0 saturated carbocycles. The molecule has 1 N–H and O–H groups in total. The van der Waals surface area contributed by atoms with Crippen molar-refractivity contribution in [1.29, 1.82) is 0 Å². The van der Waals surface area contributed by atoms with E-state index in [1.807, 2.05) is 6.07 Å². The fraction of sp³-hybridized carbons (Fsp3) is 0.250. The van der Waals surface area contributed by atoms with E-state index < -0.39 is 7.60 Å². The normalized spacial score (nSPS) is 14.0. The van der Waals surface area contributed by atoms with Gasteiger partial charge in [-0.15, -0.1) is 0 Å². The molecule has 0 aliphatic heterocycles. The van der Waals surface area contributed by atoms with E-state index in [1.165, 1.54) is 18.5 Å². The molecule has 0 saturated heterocycles. The Hall–Kier alpha value is -2.17. The van der Waals surface area contributed by atoms with E-state index in [0.29, 0.717) is 28.8 Å². The fourth-order valence-electron chi connectivity index (χ4n) is 2.37. The minimum absolute atomic E-state index is 0.158. The summed E-state index contributed by atoms with van der Waals surface area (Å²) in [6.45, 7) is 3.85. The Labute approximate surface area is 133 Å². The third kappa shape index (κ3) is 3.00. The van der Waals surface area contributed by atoms with Gasteiger partial charge in [0.25, 0.3) is 0 Å². The molecule has 6 nitrogen and oxygen atoms in total. The summed E-state index contributed by atoms with van der Waals surface area (Å²) in [5.74, 6) is 0.543. The van der Waals surface area contributed by atoms with Crippen molar-refractivity contribution in [3.8, 4) is 11.5 Å². The topological polar surface area (TPSA) is 81.5 Å². The maximum absolute atomic E-state index is 12.4. The SMILES string of the molecule is CCOP(=O)(CC)Oc1cnc2c(ccc3c(O)ccnc32)c1. The van der Waals surface area contributed by atoms with Gasteiger partial charge in [0.1, 0.15) is 17.0 Å². The molecule has 23 heavy (non-hydrogen) atoms. The van der Waals surface area contributed by atoms with Crippen molar-refractivity contribution in [2.24, 2.45) is 0 Å². The summed E-state index contributed by atoms with van der Waals surface area (Å²) < 4.78 is 23.2. The number of hydrogen-bond donors (Lipinski definition) is 1. The van der Waals surface area contributed by atoms with Crippen LogP contribution in [0, 0.1) is 0 Å². The van der Waals surface area contributed by atoms with Crippen LogP contribution in [0.4, 0.5) is 0 Å². The lowest BCUT2D eigenvalue weighted by molar-refractivity contribution is 0.280. The zero-order valence-corrected chi connectivity index (χ0v) is 13.8. The first-order valence-corrected chi connectivity index (χ1v) is 9.08. The molecule has 0 spiro atoms. The summed E-state index contributed by atoms with van der Waals surface area (Å²) in [6, 6.07) is 6.87. The van der Waals surface area contributed by atoms with Gasteiger partial charge in [-0.3, -0.25) is 9.97 Å². The van der Waals surface area contributed by atoms with Gasteiger partial charge >= 0.3 is 7.60 Å². The first-order chi connectivity index (χ1) is 11.1. The van der Waals surface area contributed by atoms with Gasteiger partial charge in [0.2, 0.25) is 0 Å². The molecule has 1 atom stereocenters. The highest BCUT2D eigenvalue weighted by Gasteiger charge is 2.23. The molecule has 2 aromatic heterocycles. The number of rotatable bonds is 5. The number of hydrogen-bond acceptors (Lipinski definition) is 6. The van der Waals surface area contributed by atoms with Crippen LogP contribution in [0.25, 0.3) is 21.8 Å². The van der Waals surface area contributed by atoms with Crippen LogP contribution in [0.3, 0.4) is 0 Å². The predicted octanol–water partition coefficient (Wildman–Crippen LogP) is 4.12. The number of nitrogens with zero attached hydrogens (tertiary/aromatic N) is 2. The Morgan fingerprint density at radius 2 is 2.00 bits per heavy atom. The highest BCUT2D eigenvalue weighted by Crippen LogP contribution is 2.48. The second-order valence-corrected chi connectivity index (χ2v) is 7.27. The number of pyridine rings is 2. The van der Waals surface area contributed by atoms with E-state index in [4.69, 9.17) is 9.05 Å². The third-order valence-electron chi connectivity index (χ3n) is 3.47. The first kappa shape index (κ1) is 15.7. The molecule has 0 amide bonds. The van der Waals surface area contributed by atoms with Gasteiger partial charge in [0.15, 0.2) is 0 Å². The van der Waals surface area contributed by atoms with Crippen LogP contribution < -0.4 is 4.52 Å². The first-order valence-electron chi connectivity index (χ1n) is 7.36. The van der Waals surface area contributed by atoms with Crippen molar-refractivity contribution in [3.63, 3.8) is 0 Å². The molecule has 1 aromatic carbocycles. The van der Waals surface area contributed by atoms with Crippen LogP contribution in [-0.2, 0) is 9.09 Å². The van der Waals surface area contributed by atoms with Gasteiger partial charge < -0.3 is 14.2 Å². The average molecular weight is 332 g/mol. The molecule has 0 fully saturated rings. The van der Waals surface area contributed by atoms with E-state index in [1.54, 1.807) is 26.0 Å². The predicted molar refractivity (Wildman–Crippen MR) is 89.1 cm³/mol. The average Bonchev–Trinajstić information content (AvgIpc) is 2.55. The van der Waals surface area contributed by atoms with Gasteiger partial charge in [-0.05, 0) is 25.1 Å². The van der Waals surface area contributed by atoms with Crippen LogP contribution in [0.1, 0.15) is 13.8 Å². The summed E-state index contributed by atoms with van der Waals surface area (Å²) in [5.41, 5.74) is 1.26. The van der Waals surface area contributed by atoms with E-state index in [0.717, 1.165) is 5.39 Å². The quantitative estimate of drug-likeness (QED) is 0.559. The van der Waals surface area contributed by atoms with Crippen molar-refractivity contribution in [1.82, 2.24) is 9.97 Å². The molecule has 0 radical (unpaired) electrons. The molecule has 0 bridgehead atoms. The highest BCUT2D eigenvalue weighted by atomic mass is 31.2. The van der Waals surface area contributed by atoms with Crippen molar-refractivity contribution in [2.75, 3.05) is 12.8 Å². The number of aromatic hydroxyl groups is 1. The van der Waals surface area contributed by atoms with Crippen molar-refractivity contribution in [3.05, 3.63) is 36.7 Å². The molecule has 2 heterocycles. The fourth-order valence-corrected chi connectivity index (χ4v) is 3.54. The molecule has 7 heteroatoms. The Kier molecular flexibility index (Phi) is 4.20. The number of aromatic nitrogens is 2. The Morgan fingerprint density at radius 3 is 2.74 bits per heavy atom. The molecular formula is C16H17N2O4P. The molecule has 0 aliphatic rings. The third-order valence-corrected chi connectivity index (χ3v) is 5.39. The van der Waals surface area contributed by atoms with Crippen LogP contribution >= 0.6 is 7.60 Å². The highest BCUT2D eigenvalue weighted by molar-refractivity contribution is 7.54. The Bertz CT molecular complexity index is 913. The van der Waals surface area contributed by atoms with Crippen molar-refractivity contribution in [2.45, 2.75) is 13.8 Å². The lowest BCUT2D eigenvalue weighted by atomic mass is 10.1. The molecule has 3 rings (SSSR count). The molecule has 3 aromatic rings. The molecule has 1 unspecified atom stereocenters. The minimum atomic E-state index is -3.15. The van der Waals surface area contributed by atoms with Gasteiger partial charge in [0, 0.05) is 17.0 Å². The standard InChI is InChI=1S/C16H17N2O4P/c1-3-21-23(20,4-2)22-12-9-11-5-6-13-14(19)7-8-17-16(13)15(11)18-10-12/h5-10H,3-4H2,1-2H3,(H,17,19). The maximum Gasteiger partial charge on any atom is 0.378 e. The van der Waals surface area contributed by atoms with Crippen LogP contribution in [-0.4, -0.2) is 27.8 Å². The monoisotopic (exact) mass is 332 g/mol. The van der Waals surface area contributed by atoms with Gasteiger partial charge in [-0.1, -0.05) is 13.0 Å². The zero-order valence-electron chi connectivity index (χ0n) is 12.9. The summed E-state index contributed by atoms with van der Waals surface area (Å²) in [4.78, 5) is 8.63. The van der Waals surface area contributed by atoms with Crippen LogP contribution in [0.15, 0.2) is 36.7 Å². The van der Waals surface area contributed by atoms with Gasteiger partial charge in [-0.25, -0.2) is 4.57 Å². The maximum atomic E-state index is 12.4. The summed E-state index contributed by atoms with van der Waals surface area (Å²) >= 11 is 0. The smallest absolute Gasteiger partial charge is 0.378 e. The lowest BCUT2D eigenvalue weighted by Gasteiger charge is -2.17. The molecule has 0 aliphatic carbocycles. The largest absolute Gasteiger partial charge is 0.507 e. The summed E-state index contributed by atoms with van der Waals surface area (Å²) in [6.07, 6.45) is 3.31. The van der Waals surface area contributed by atoms with Crippen molar-refractivity contribution >= 4 is 29.4 Å². The van der Waals surface area contributed by atoms with E-state index >= 15 is 0 Å². The van der Waals surface area contributed by atoms with Crippen LogP contribution in [0.2, 0.25) is 0 Å². The van der Waals surface area contributed by atoms with E-state index in [2.05, 4.69) is 9.97 Å². The van der Waals surface area contributed by atoms with Crippen molar-refractivity contribution < 1.29 is 18.7 Å². The zero-order chi connectivity index (χ0) is 16.4.